The van der Waals surface area contributed by atoms with E-state index in [0.29, 0.717) is 5.13 Å². The third-order valence-corrected chi connectivity index (χ3v) is 5.25. The first-order valence-corrected chi connectivity index (χ1v) is 7.50. The molecule has 5 heteroatoms. The number of anilines is 1. The molecule has 3 atom stereocenters. The van der Waals surface area contributed by atoms with E-state index in [1.807, 2.05) is 6.20 Å². The van der Waals surface area contributed by atoms with E-state index in [2.05, 4.69) is 16.8 Å². The quantitative estimate of drug-likeness (QED) is 0.908. The summed E-state index contributed by atoms with van der Waals surface area (Å²) in [7, 11) is 0. The molecule has 102 valence electrons. The number of halogens is 1. The van der Waals surface area contributed by atoms with Gasteiger partial charge >= 0.3 is 0 Å². The number of thiazole rings is 1. The first-order valence-electron chi connectivity index (χ1n) is 6.68. The average Bonchev–Trinajstić information content (AvgIpc) is 2.86. The maximum Gasteiger partial charge on any atom is 0.180 e. The lowest BCUT2D eigenvalue weighted by molar-refractivity contribution is 0.175. The van der Waals surface area contributed by atoms with Crippen LogP contribution in [0, 0.1) is 11.8 Å². The largest absolute Gasteiger partial charge is 0.375 e. The lowest BCUT2D eigenvalue weighted by Crippen LogP contribution is -2.34. The van der Waals surface area contributed by atoms with Crippen LogP contribution in [-0.2, 0) is 6.54 Å². The lowest BCUT2D eigenvalue weighted by Gasteiger charge is -2.31. The molecule has 18 heavy (non-hydrogen) atoms. The molecule has 1 saturated carbocycles. The van der Waals surface area contributed by atoms with E-state index in [4.69, 9.17) is 5.73 Å². The standard InChI is InChI=1S/C13H21N3S.ClH/c1-9-7-16(8-10-6-15-13(14)17-10)12-5-3-2-4-11(9)12;/h6,9,11-12H,2-5,7-8H2,1H3,(H2,14,15);1H. The molecule has 1 aromatic heterocycles. The van der Waals surface area contributed by atoms with Crippen LogP contribution in [0.4, 0.5) is 5.13 Å². The van der Waals surface area contributed by atoms with E-state index in [1.165, 1.54) is 37.1 Å². The zero-order valence-corrected chi connectivity index (χ0v) is 12.5. The summed E-state index contributed by atoms with van der Waals surface area (Å²) in [6, 6.07) is 0.821. The predicted octanol–water partition coefficient (Wildman–Crippen LogP) is 3.16. The van der Waals surface area contributed by atoms with Gasteiger partial charge in [-0.1, -0.05) is 19.8 Å². The Morgan fingerprint density at radius 2 is 2.22 bits per heavy atom. The Balaban J connectivity index is 0.00000120. The first kappa shape index (κ1) is 14.1. The molecule has 2 N–H and O–H groups in total. The van der Waals surface area contributed by atoms with E-state index >= 15 is 0 Å². The van der Waals surface area contributed by atoms with Crippen molar-refractivity contribution in [2.45, 2.75) is 45.2 Å². The second-order valence-electron chi connectivity index (χ2n) is 5.59. The molecule has 0 bridgehead atoms. The van der Waals surface area contributed by atoms with Crippen LogP contribution < -0.4 is 5.73 Å². The molecular weight excluding hydrogens is 266 g/mol. The maximum atomic E-state index is 5.70. The smallest absolute Gasteiger partial charge is 0.180 e. The zero-order chi connectivity index (χ0) is 11.8. The number of fused-ring (bicyclic) bond motifs is 1. The number of rotatable bonds is 2. The molecule has 3 rings (SSSR count). The highest BCUT2D eigenvalue weighted by molar-refractivity contribution is 7.15. The normalized spacial score (nSPS) is 31.9. The van der Waals surface area contributed by atoms with Crippen molar-refractivity contribution < 1.29 is 0 Å². The van der Waals surface area contributed by atoms with Gasteiger partial charge in [-0.3, -0.25) is 4.90 Å². The minimum Gasteiger partial charge on any atom is -0.375 e. The van der Waals surface area contributed by atoms with Crippen LogP contribution in [0.5, 0.6) is 0 Å². The molecule has 1 aliphatic heterocycles. The summed E-state index contributed by atoms with van der Waals surface area (Å²) in [5.41, 5.74) is 5.70. The van der Waals surface area contributed by atoms with Gasteiger partial charge in [-0.05, 0) is 24.7 Å². The maximum absolute atomic E-state index is 5.70. The highest BCUT2D eigenvalue weighted by Crippen LogP contribution is 2.40. The molecule has 1 saturated heterocycles. The van der Waals surface area contributed by atoms with Gasteiger partial charge in [0.05, 0.1) is 0 Å². The molecule has 0 aromatic carbocycles. The molecule has 2 heterocycles. The van der Waals surface area contributed by atoms with Gasteiger partial charge < -0.3 is 5.73 Å². The van der Waals surface area contributed by atoms with Gasteiger partial charge in [0, 0.05) is 30.2 Å². The fraction of sp³-hybridized carbons (Fsp3) is 0.769. The molecule has 0 radical (unpaired) electrons. The molecule has 3 nitrogen and oxygen atoms in total. The Hall–Kier alpha value is -0.320. The number of hydrogen-bond donors (Lipinski definition) is 1. The van der Waals surface area contributed by atoms with E-state index in [1.54, 1.807) is 11.3 Å². The summed E-state index contributed by atoms with van der Waals surface area (Å²) < 4.78 is 0. The Bertz CT molecular complexity index is 395. The van der Waals surface area contributed by atoms with Gasteiger partial charge in [-0.15, -0.1) is 23.7 Å². The Kier molecular flexibility index (Phi) is 4.51. The zero-order valence-electron chi connectivity index (χ0n) is 10.8. The Morgan fingerprint density at radius 1 is 1.44 bits per heavy atom. The minimum atomic E-state index is 0. The van der Waals surface area contributed by atoms with Crippen LogP contribution in [0.3, 0.4) is 0 Å². The molecule has 3 unspecified atom stereocenters. The van der Waals surface area contributed by atoms with Crippen molar-refractivity contribution in [3.05, 3.63) is 11.1 Å². The highest BCUT2D eigenvalue weighted by atomic mass is 35.5. The molecule has 0 amide bonds. The monoisotopic (exact) mass is 287 g/mol. The lowest BCUT2D eigenvalue weighted by atomic mass is 9.80. The van der Waals surface area contributed by atoms with Crippen LogP contribution in [0.25, 0.3) is 0 Å². The van der Waals surface area contributed by atoms with Crippen LogP contribution in [-0.4, -0.2) is 22.5 Å². The predicted molar refractivity (Wildman–Crippen MR) is 79.1 cm³/mol. The van der Waals surface area contributed by atoms with Crippen LogP contribution in [0.2, 0.25) is 0 Å². The van der Waals surface area contributed by atoms with Gasteiger partial charge in [0.25, 0.3) is 0 Å². The van der Waals surface area contributed by atoms with Crippen LogP contribution in [0.15, 0.2) is 6.20 Å². The summed E-state index contributed by atoms with van der Waals surface area (Å²) in [5, 5.41) is 0.701. The van der Waals surface area contributed by atoms with Gasteiger partial charge in [-0.25, -0.2) is 4.98 Å². The fourth-order valence-electron chi connectivity index (χ4n) is 3.68. The van der Waals surface area contributed by atoms with E-state index in [0.717, 1.165) is 24.4 Å². The number of likely N-dealkylation sites (tertiary alicyclic amines) is 1. The summed E-state index contributed by atoms with van der Waals surface area (Å²) in [5.74, 6) is 1.81. The van der Waals surface area contributed by atoms with E-state index < -0.39 is 0 Å². The SMILES string of the molecule is CC1CN(Cc2cnc(N)s2)C2CCCCC12.Cl. The van der Waals surface area contributed by atoms with Gasteiger partial charge in [-0.2, -0.15) is 0 Å². The van der Waals surface area contributed by atoms with Gasteiger partial charge in [0.1, 0.15) is 0 Å². The highest BCUT2D eigenvalue weighted by Gasteiger charge is 2.40. The van der Waals surface area contributed by atoms with Crippen molar-refractivity contribution >= 4 is 28.9 Å². The fourth-order valence-corrected chi connectivity index (χ4v) is 4.39. The van der Waals surface area contributed by atoms with Crippen molar-refractivity contribution in [2.24, 2.45) is 11.8 Å². The van der Waals surface area contributed by atoms with Crippen molar-refractivity contribution in [3.8, 4) is 0 Å². The first-order chi connectivity index (χ1) is 8.24. The van der Waals surface area contributed by atoms with Crippen molar-refractivity contribution in [1.29, 1.82) is 0 Å². The second-order valence-corrected chi connectivity index (χ2v) is 6.73. The number of aromatic nitrogens is 1. The van der Waals surface area contributed by atoms with Gasteiger partial charge in [0.15, 0.2) is 5.13 Å². The third-order valence-electron chi connectivity index (χ3n) is 4.43. The minimum absolute atomic E-state index is 0. The third kappa shape index (κ3) is 2.65. The van der Waals surface area contributed by atoms with Crippen LogP contribution >= 0.6 is 23.7 Å². The van der Waals surface area contributed by atoms with E-state index in [-0.39, 0.29) is 12.4 Å². The summed E-state index contributed by atoms with van der Waals surface area (Å²) in [4.78, 5) is 8.14. The number of nitrogens with two attached hydrogens (primary N) is 1. The molecule has 1 aromatic rings. The molecular formula is C13H22ClN3S. The topological polar surface area (TPSA) is 42.2 Å². The summed E-state index contributed by atoms with van der Waals surface area (Å²) >= 11 is 1.64. The second kappa shape index (κ2) is 5.76. The molecule has 1 aliphatic carbocycles. The summed E-state index contributed by atoms with van der Waals surface area (Å²) in [6.07, 6.45) is 7.62. The molecule has 0 spiro atoms. The number of hydrogen-bond acceptors (Lipinski definition) is 4. The summed E-state index contributed by atoms with van der Waals surface area (Å²) in [6.45, 7) is 4.73. The Labute approximate surface area is 119 Å². The average molecular weight is 288 g/mol. The van der Waals surface area contributed by atoms with Crippen LogP contribution in [0.1, 0.15) is 37.5 Å². The molecule has 2 aliphatic rings. The Morgan fingerprint density at radius 3 is 2.94 bits per heavy atom. The van der Waals surface area contributed by atoms with Crippen molar-refractivity contribution in [2.75, 3.05) is 12.3 Å². The number of nitrogens with zero attached hydrogens (tertiary/aromatic N) is 2. The van der Waals surface area contributed by atoms with Gasteiger partial charge in [0.2, 0.25) is 0 Å². The van der Waals surface area contributed by atoms with Crippen molar-refractivity contribution in [1.82, 2.24) is 9.88 Å². The van der Waals surface area contributed by atoms with E-state index in [9.17, 15) is 0 Å². The van der Waals surface area contributed by atoms with Crippen molar-refractivity contribution in [3.63, 3.8) is 0 Å². The number of nitrogen functional groups attached to an aromatic ring is 1. The molecule has 2 fully saturated rings.